The average Bonchev–Trinajstić information content (AvgIpc) is 2.36. The Morgan fingerprint density at radius 1 is 1.47 bits per heavy atom. The molecular formula is C13H20N3O2S+. The van der Waals surface area contributed by atoms with E-state index in [1.807, 2.05) is 18.2 Å². The van der Waals surface area contributed by atoms with Crippen molar-refractivity contribution in [3.63, 3.8) is 0 Å². The lowest BCUT2D eigenvalue weighted by Crippen LogP contribution is -2.82. The highest BCUT2D eigenvalue weighted by atomic mass is 32.1. The van der Waals surface area contributed by atoms with Gasteiger partial charge in [-0.3, -0.25) is 0 Å². The number of methoxy groups -OCH3 is 1. The molecule has 0 heterocycles. The molecule has 0 atom stereocenters. The summed E-state index contributed by atoms with van der Waals surface area (Å²) in [5.41, 5.74) is 8.83. The second-order valence-electron chi connectivity index (χ2n) is 4.39. The highest BCUT2D eigenvalue weighted by Gasteiger charge is 2.07. The van der Waals surface area contributed by atoms with E-state index in [1.165, 1.54) is 0 Å². The van der Waals surface area contributed by atoms with E-state index in [9.17, 15) is 0 Å². The van der Waals surface area contributed by atoms with E-state index in [4.69, 9.17) is 15.2 Å². The highest BCUT2D eigenvalue weighted by molar-refractivity contribution is 7.80. The average molecular weight is 282 g/mol. The fourth-order valence-electron chi connectivity index (χ4n) is 1.34. The lowest BCUT2D eigenvalue weighted by Gasteiger charge is -2.12. The molecule has 0 aliphatic rings. The van der Waals surface area contributed by atoms with Crippen LogP contribution in [0, 0.1) is 5.92 Å². The van der Waals surface area contributed by atoms with E-state index in [0.29, 0.717) is 18.3 Å². The molecule has 1 rings (SSSR count). The summed E-state index contributed by atoms with van der Waals surface area (Å²) in [4.78, 5) is 0. The molecule has 5 nitrogen and oxygen atoms in total. The number of hydrogen-bond donors (Lipinski definition) is 3. The number of nitrogens with two attached hydrogens (primary N) is 1. The summed E-state index contributed by atoms with van der Waals surface area (Å²) in [6, 6.07) is 5.64. The van der Waals surface area contributed by atoms with Crippen molar-refractivity contribution in [2.24, 2.45) is 11.7 Å². The van der Waals surface area contributed by atoms with E-state index >= 15 is 0 Å². The summed E-state index contributed by atoms with van der Waals surface area (Å²) >= 11 is 4.68. The number of benzene rings is 1. The zero-order chi connectivity index (χ0) is 14.3. The van der Waals surface area contributed by atoms with Gasteiger partial charge in [-0.1, -0.05) is 13.8 Å². The highest BCUT2D eigenvalue weighted by Crippen LogP contribution is 2.27. The third-order valence-electron chi connectivity index (χ3n) is 2.19. The van der Waals surface area contributed by atoms with Gasteiger partial charge in [-0.05, 0) is 36.3 Å². The van der Waals surface area contributed by atoms with Crippen LogP contribution in [-0.4, -0.2) is 25.0 Å². The van der Waals surface area contributed by atoms with Gasteiger partial charge in [0.15, 0.2) is 17.7 Å². The third-order valence-corrected chi connectivity index (χ3v) is 2.30. The number of rotatable bonds is 6. The molecule has 19 heavy (non-hydrogen) atoms. The normalized spacial score (nSPS) is 10.7. The van der Waals surface area contributed by atoms with Crippen molar-refractivity contribution in [3.05, 3.63) is 23.8 Å². The summed E-state index contributed by atoms with van der Waals surface area (Å²) in [7, 11) is 1.61. The first-order chi connectivity index (χ1) is 9.02. The van der Waals surface area contributed by atoms with Gasteiger partial charge in [-0.25, -0.2) is 0 Å². The quantitative estimate of drug-likeness (QED) is 0.388. The molecular weight excluding hydrogens is 262 g/mol. The van der Waals surface area contributed by atoms with E-state index in [1.54, 1.807) is 13.3 Å². The molecule has 1 aromatic carbocycles. The number of hydrazine groups is 1. The first-order valence-corrected chi connectivity index (χ1v) is 6.38. The van der Waals surface area contributed by atoms with Crippen LogP contribution in [0.5, 0.6) is 11.5 Å². The maximum Gasteiger partial charge on any atom is 0.221 e. The molecule has 0 unspecified atom stereocenters. The Kier molecular flexibility index (Phi) is 6.08. The van der Waals surface area contributed by atoms with Crippen molar-refractivity contribution >= 4 is 23.5 Å². The number of nitrogens with one attached hydrogen (secondary N) is 2. The Bertz CT molecular complexity index is 461. The summed E-state index contributed by atoms with van der Waals surface area (Å²) in [6.45, 7) is 4.85. The number of ether oxygens (including phenoxy) is 2. The van der Waals surface area contributed by atoms with Gasteiger partial charge in [0.1, 0.15) is 0 Å². The molecule has 104 valence electrons. The van der Waals surface area contributed by atoms with E-state index in [2.05, 4.69) is 36.6 Å². The topological polar surface area (TPSA) is 70.5 Å². The van der Waals surface area contributed by atoms with Crippen molar-refractivity contribution in [1.82, 2.24) is 5.43 Å². The van der Waals surface area contributed by atoms with Gasteiger partial charge >= 0.3 is 0 Å². The number of thiocarbonyl (C=S) groups is 1. The lowest BCUT2D eigenvalue weighted by atomic mass is 10.2. The number of hydrogen-bond acceptors (Lipinski definition) is 3. The smallest absolute Gasteiger partial charge is 0.221 e. The fourth-order valence-corrected chi connectivity index (χ4v) is 1.40. The molecule has 1 aromatic rings. The fraction of sp³-hybridized carbons (Fsp3) is 0.385. The third kappa shape index (κ3) is 5.56. The lowest BCUT2D eigenvalue weighted by molar-refractivity contribution is -0.499. The van der Waals surface area contributed by atoms with Gasteiger partial charge in [0, 0.05) is 5.56 Å². The van der Waals surface area contributed by atoms with Gasteiger partial charge in [-0.15, -0.1) is 10.5 Å². The van der Waals surface area contributed by atoms with Crippen molar-refractivity contribution in [1.29, 1.82) is 0 Å². The molecule has 0 radical (unpaired) electrons. The largest absolute Gasteiger partial charge is 0.493 e. The van der Waals surface area contributed by atoms with Crippen LogP contribution in [0.2, 0.25) is 0 Å². The Balaban J connectivity index is 2.77. The molecule has 0 bridgehead atoms. The van der Waals surface area contributed by atoms with Crippen molar-refractivity contribution < 1.29 is 14.6 Å². The van der Waals surface area contributed by atoms with Gasteiger partial charge in [0.2, 0.25) is 5.11 Å². The van der Waals surface area contributed by atoms with Crippen LogP contribution in [0.4, 0.5) is 0 Å². The maximum absolute atomic E-state index is 5.67. The maximum atomic E-state index is 5.67. The monoisotopic (exact) mass is 282 g/mol. The Hall–Kier alpha value is -1.82. The second-order valence-corrected chi connectivity index (χ2v) is 4.83. The van der Waals surface area contributed by atoms with Crippen LogP contribution in [0.3, 0.4) is 0 Å². The van der Waals surface area contributed by atoms with E-state index < -0.39 is 0 Å². The van der Waals surface area contributed by atoms with Crippen molar-refractivity contribution in [3.8, 4) is 11.5 Å². The van der Waals surface area contributed by atoms with Crippen LogP contribution in [0.1, 0.15) is 19.4 Å². The summed E-state index contributed by atoms with van der Waals surface area (Å²) in [5, 5.41) is 2.97. The zero-order valence-corrected chi connectivity index (χ0v) is 12.2. The Labute approximate surface area is 118 Å². The van der Waals surface area contributed by atoms with Gasteiger partial charge < -0.3 is 15.2 Å². The standard InChI is InChI=1S/C13H19N3O2S/c1-9(2)8-18-11-5-4-10(6-12(11)17-3)7-15-16-13(14)19/h4-7,9H,8H2,1-3H3,(H3,14,16,19)/p+1. The molecule has 0 spiro atoms. The number of hydrazone groups is 1. The summed E-state index contributed by atoms with van der Waals surface area (Å²) in [5.74, 6) is 1.88. The molecule has 6 heteroatoms. The molecule has 4 N–H and O–H groups in total. The van der Waals surface area contributed by atoms with Crippen LogP contribution >= 0.6 is 12.2 Å². The predicted molar refractivity (Wildman–Crippen MR) is 79.4 cm³/mol. The molecule has 0 aliphatic heterocycles. The molecule has 0 saturated heterocycles. The van der Waals surface area contributed by atoms with Crippen molar-refractivity contribution in [2.45, 2.75) is 13.8 Å². The van der Waals surface area contributed by atoms with Gasteiger partial charge in [0.05, 0.1) is 13.7 Å². The van der Waals surface area contributed by atoms with Crippen LogP contribution in [-0.2, 0) is 0 Å². The summed E-state index contributed by atoms with van der Waals surface area (Å²) < 4.78 is 11.0. The van der Waals surface area contributed by atoms with Crippen LogP contribution in [0.25, 0.3) is 0 Å². The first kappa shape index (κ1) is 15.2. The zero-order valence-electron chi connectivity index (χ0n) is 11.4. The predicted octanol–water partition coefficient (Wildman–Crippen LogP) is -0.0223. The SMILES string of the molecule is COc1cc(C=[NH+]NC(N)=S)ccc1OCC(C)C. The van der Waals surface area contributed by atoms with Crippen LogP contribution in [0.15, 0.2) is 18.2 Å². The minimum atomic E-state index is 0.181. The summed E-state index contributed by atoms with van der Waals surface area (Å²) in [6.07, 6.45) is 1.73. The Morgan fingerprint density at radius 3 is 2.79 bits per heavy atom. The minimum Gasteiger partial charge on any atom is -0.493 e. The second kappa shape index (κ2) is 7.58. The van der Waals surface area contributed by atoms with Gasteiger partial charge in [-0.2, -0.15) is 0 Å². The Morgan fingerprint density at radius 2 is 2.21 bits per heavy atom. The molecule has 0 fully saturated rings. The molecule has 0 saturated carbocycles. The van der Waals surface area contributed by atoms with Crippen molar-refractivity contribution in [2.75, 3.05) is 13.7 Å². The minimum absolute atomic E-state index is 0.181. The molecule has 0 aliphatic carbocycles. The van der Waals surface area contributed by atoms with E-state index in [-0.39, 0.29) is 5.11 Å². The van der Waals surface area contributed by atoms with E-state index in [0.717, 1.165) is 11.3 Å². The first-order valence-electron chi connectivity index (χ1n) is 5.98. The molecule has 0 aromatic heterocycles. The molecule has 0 amide bonds. The van der Waals surface area contributed by atoms with Gasteiger partial charge in [0.25, 0.3) is 0 Å². The van der Waals surface area contributed by atoms with Crippen LogP contribution < -0.4 is 25.7 Å².